The van der Waals surface area contributed by atoms with Crippen molar-refractivity contribution in [3.05, 3.63) is 0 Å². The van der Waals surface area contributed by atoms with Crippen molar-refractivity contribution in [3.8, 4) is 0 Å². The van der Waals surface area contributed by atoms with Gasteiger partial charge in [0.1, 0.15) is 10.8 Å². The Morgan fingerprint density at radius 2 is 0.870 bits per heavy atom. The average molecular weight is 365 g/mol. The van der Waals surface area contributed by atoms with Gasteiger partial charge in [-0.2, -0.15) is 0 Å². The first-order valence-corrected chi connectivity index (χ1v) is 13.0. The monoisotopic (exact) mass is 364 g/mol. The number of hydrogen-bond acceptors (Lipinski definition) is 4. The summed E-state index contributed by atoms with van der Waals surface area (Å²) in [5.74, 6) is 0. The smallest absolute Gasteiger partial charge is 0.144 e. The molecule has 140 valence electrons. The molecule has 6 heteroatoms. The van der Waals surface area contributed by atoms with Crippen LogP contribution in [0.5, 0.6) is 0 Å². The molecule has 0 amide bonds. The van der Waals surface area contributed by atoms with Gasteiger partial charge in [-0.3, -0.25) is 0 Å². The van der Waals surface area contributed by atoms with E-state index in [4.69, 9.17) is 18.9 Å². The molecule has 0 spiro atoms. The molecule has 0 N–H and O–H groups in total. The zero-order valence-corrected chi connectivity index (χ0v) is 19.2. The molecule has 0 atom stereocenters. The predicted molar refractivity (Wildman–Crippen MR) is 104 cm³/mol. The maximum atomic E-state index is 6.09. The Morgan fingerprint density at radius 1 is 0.565 bits per heavy atom. The zero-order valence-electron chi connectivity index (χ0n) is 16.4. The lowest BCUT2D eigenvalue weighted by molar-refractivity contribution is -0.181. The van der Waals surface area contributed by atoms with Crippen molar-refractivity contribution in [3.63, 3.8) is 0 Å². The predicted octanol–water partition coefficient (Wildman–Crippen LogP) is 2.75. The molecular weight excluding hydrogens is 324 g/mol. The first-order valence-electron chi connectivity index (χ1n) is 9.63. The Balaban J connectivity index is 4.82. The fourth-order valence-corrected chi connectivity index (χ4v) is 11.0. The maximum Gasteiger partial charge on any atom is 0.144 e. The number of hydrogen-bond donors (Lipinski definition) is 0. The van der Waals surface area contributed by atoms with Gasteiger partial charge in [-0.05, 0) is 40.5 Å². The second-order valence-corrected chi connectivity index (χ2v) is 11.9. The van der Waals surface area contributed by atoms with E-state index in [1.807, 2.05) is 0 Å². The van der Waals surface area contributed by atoms with E-state index in [9.17, 15) is 0 Å². The fourth-order valence-electron chi connectivity index (χ4n) is 3.35. The quantitative estimate of drug-likeness (QED) is 0.312. The molecule has 4 nitrogen and oxygen atoms in total. The molecule has 0 radical (unpaired) electrons. The van der Waals surface area contributed by atoms with E-state index in [2.05, 4.69) is 41.5 Å². The van der Waals surface area contributed by atoms with Crippen LogP contribution >= 0.6 is 0 Å². The average Bonchev–Trinajstić information content (AvgIpc) is 2.49. The van der Waals surface area contributed by atoms with E-state index in [0.29, 0.717) is 0 Å². The first kappa shape index (κ1) is 23.3. The van der Waals surface area contributed by atoms with Crippen molar-refractivity contribution in [1.82, 2.24) is 0 Å². The Hall–Kier alpha value is 0.274. The molecule has 0 saturated heterocycles. The molecule has 23 heavy (non-hydrogen) atoms. The molecule has 0 rings (SSSR count). The lowest BCUT2D eigenvalue weighted by atomic mass is 10.3. The van der Waals surface area contributed by atoms with E-state index in [0.717, 1.165) is 52.1 Å². The molecule has 0 aromatic heterocycles. The van der Waals surface area contributed by atoms with Crippen LogP contribution in [-0.4, -0.2) is 56.3 Å². The van der Waals surface area contributed by atoms with Gasteiger partial charge in [0.25, 0.3) is 0 Å². The molecule has 0 aliphatic carbocycles. The minimum Gasteiger partial charge on any atom is -0.355 e. The summed E-state index contributed by atoms with van der Waals surface area (Å²) in [5.41, 5.74) is 0.698. The lowest BCUT2D eigenvalue weighted by Crippen LogP contribution is -2.47. The van der Waals surface area contributed by atoms with Gasteiger partial charge in [0.05, 0.1) is 19.0 Å². The summed E-state index contributed by atoms with van der Waals surface area (Å²) < 4.78 is 24.3. The van der Waals surface area contributed by atoms with Gasteiger partial charge in [-0.25, -0.2) is 0 Å². The van der Waals surface area contributed by atoms with Gasteiger partial charge in [0.2, 0.25) is 0 Å². The topological polar surface area (TPSA) is 36.9 Å². The highest BCUT2D eigenvalue weighted by atomic mass is 28.3. The van der Waals surface area contributed by atoms with Crippen LogP contribution in [0.3, 0.4) is 0 Å². The molecule has 0 heterocycles. The van der Waals surface area contributed by atoms with Crippen LogP contribution in [0.2, 0.25) is 5.67 Å². The van der Waals surface area contributed by atoms with Gasteiger partial charge in [0.15, 0.2) is 0 Å². The summed E-state index contributed by atoms with van der Waals surface area (Å²) >= 11 is 0. The third kappa shape index (κ3) is 8.79. The van der Waals surface area contributed by atoms with Gasteiger partial charge in [-0.1, -0.05) is 32.4 Å². The van der Waals surface area contributed by atoms with Crippen molar-refractivity contribution >= 4 is 19.0 Å². The van der Waals surface area contributed by atoms with Crippen molar-refractivity contribution in [2.75, 3.05) is 26.4 Å². The van der Waals surface area contributed by atoms with Crippen molar-refractivity contribution < 1.29 is 18.9 Å². The highest BCUT2D eigenvalue weighted by Gasteiger charge is 2.34. The zero-order chi connectivity index (χ0) is 17.6. The van der Waals surface area contributed by atoms with E-state index >= 15 is 0 Å². The largest absolute Gasteiger partial charge is 0.355 e. The van der Waals surface area contributed by atoms with Gasteiger partial charge in [-0.15, -0.1) is 0 Å². The van der Waals surface area contributed by atoms with Crippen LogP contribution in [0.4, 0.5) is 0 Å². The third-order valence-electron chi connectivity index (χ3n) is 4.01. The summed E-state index contributed by atoms with van der Waals surface area (Å²) in [4.78, 5) is 0. The Labute approximate surface area is 148 Å². The Bertz CT molecular complexity index is 217. The number of ether oxygens (including phenoxy) is 4. The normalized spacial score (nSPS) is 13.8. The molecule has 0 aromatic rings. The van der Waals surface area contributed by atoms with E-state index in [-0.39, 0.29) is 10.8 Å². The molecule has 0 saturated carbocycles. The van der Waals surface area contributed by atoms with Crippen LogP contribution < -0.4 is 0 Å². The molecule has 0 aromatic carbocycles. The summed E-state index contributed by atoms with van der Waals surface area (Å²) in [5, 5.41) is 0. The van der Waals surface area contributed by atoms with Crippen LogP contribution in [0.25, 0.3) is 0 Å². The molecule has 0 unspecified atom stereocenters. The standard InChI is InChI=1S/C17H40O4Si2/c1-7-13-16(18-9-3,19-10-4)22-15-23-17(14-8-2,20-11-5)21-12-6/h7-15,22-23H2,1-6H3. The summed E-state index contributed by atoms with van der Waals surface area (Å²) in [6.07, 6.45) is 4.23. The van der Waals surface area contributed by atoms with E-state index in [1.165, 1.54) is 5.67 Å². The van der Waals surface area contributed by atoms with E-state index < -0.39 is 19.0 Å². The van der Waals surface area contributed by atoms with Crippen LogP contribution in [0, 0.1) is 0 Å². The highest BCUT2D eigenvalue weighted by Crippen LogP contribution is 2.24. The second-order valence-electron chi connectivity index (χ2n) is 5.91. The van der Waals surface area contributed by atoms with Crippen molar-refractivity contribution in [2.24, 2.45) is 0 Å². The van der Waals surface area contributed by atoms with Crippen molar-refractivity contribution in [2.45, 2.75) is 83.7 Å². The minimum atomic E-state index is -0.488. The Morgan fingerprint density at radius 3 is 1.09 bits per heavy atom. The highest BCUT2D eigenvalue weighted by molar-refractivity contribution is 6.58. The number of rotatable bonds is 16. The SMILES string of the molecule is CCCC(OCC)(OCC)[SiH2]C[SiH2]C(CCC)(OCC)OCC. The Kier molecular flexibility index (Phi) is 13.7. The molecule has 0 aliphatic rings. The minimum absolute atomic E-state index is 0.276. The van der Waals surface area contributed by atoms with Crippen LogP contribution in [-0.2, 0) is 18.9 Å². The summed E-state index contributed by atoms with van der Waals surface area (Å²) in [7, 11) is -0.976. The summed E-state index contributed by atoms with van der Waals surface area (Å²) in [6, 6.07) is 0. The molecule has 0 aliphatic heterocycles. The van der Waals surface area contributed by atoms with Crippen LogP contribution in [0.15, 0.2) is 0 Å². The molecular formula is C17H40O4Si2. The first-order chi connectivity index (χ1) is 11.1. The molecule has 0 bridgehead atoms. The van der Waals surface area contributed by atoms with Crippen molar-refractivity contribution in [1.29, 1.82) is 0 Å². The van der Waals surface area contributed by atoms with Gasteiger partial charge in [0, 0.05) is 26.4 Å². The third-order valence-corrected chi connectivity index (χ3v) is 9.88. The fraction of sp³-hybridized carbons (Fsp3) is 1.00. The second kappa shape index (κ2) is 13.6. The summed E-state index contributed by atoms with van der Waals surface area (Å²) in [6.45, 7) is 15.6. The van der Waals surface area contributed by atoms with Crippen LogP contribution in [0.1, 0.15) is 67.2 Å². The van der Waals surface area contributed by atoms with Gasteiger partial charge < -0.3 is 18.9 Å². The molecule has 0 fully saturated rings. The van der Waals surface area contributed by atoms with Gasteiger partial charge >= 0.3 is 0 Å². The van der Waals surface area contributed by atoms with E-state index in [1.54, 1.807) is 0 Å². The lowest BCUT2D eigenvalue weighted by Gasteiger charge is -2.36. The maximum absolute atomic E-state index is 6.09.